The van der Waals surface area contributed by atoms with E-state index in [9.17, 15) is 8.42 Å². The van der Waals surface area contributed by atoms with Gasteiger partial charge in [0.15, 0.2) is 5.96 Å². The maximum Gasteiger partial charge on any atom is 0.247 e. The van der Waals surface area contributed by atoms with Gasteiger partial charge in [-0.2, -0.15) is 0 Å². The molecule has 0 aliphatic heterocycles. The summed E-state index contributed by atoms with van der Waals surface area (Å²) < 4.78 is 28.3. The first-order valence-corrected chi connectivity index (χ1v) is 10.1. The third-order valence-corrected chi connectivity index (χ3v) is 5.72. The van der Waals surface area contributed by atoms with Crippen LogP contribution in [-0.4, -0.2) is 34.6 Å². The first kappa shape index (κ1) is 22.7. The normalized spacial score (nSPS) is 11.5. The molecule has 0 aliphatic carbocycles. The van der Waals surface area contributed by atoms with Crippen molar-refractivity contribution >= 4 is 51.3 Å². The second-order valence-electron chi connectivity index (χ2n) is 5.13. The Balaban J connectivity index is 0.00000338. The fraction of sp³-hybridized carbons (Fsp3) is 0.312. The molecule has 144 valence electrons. The van der Waals surface area contributed by atoms with Gasteiger partial charge in [0.1, 0.15) is 9.96 Å². The molecule has 2 rings (SSSR count). The molecule has 0 radical (unpaired) electrons. The van der Waals surface area contributed by atoms with Crippen molar-refractivity contribution in [2.45, 2.75) is 17.2 Å². The number of thiophene rings is 1. The van der Waals surface area contributed by atoms with Gasteiger partial charge >= 0.3 is 0 Å². The van der Waals surface area contributed by atoms with Crippen molar-refractivity contribution in [3.8, 4) is 5.75 Å². The predicted octanol–water partition coefficient (Wildman–Crippen LogP) is 2.15. The Labute approximate surface area is 175 Å². The van der Waals surface area contributed by atoms with Gasteiger partial charge in [0.05, 0.1) is 13.2 Å². The number of nitrogens with two attached hydrogens (primary N) is 1. The number of primary sulfonamides is 1. The monoisotopic (exact) mass is 510 g/mol. The van der Waals surface area contributed by atoms with Crippen LogP contribution in [0.1, 0.15) is 11.3 Å². The van der Waals surface area contributed by atoms with E-state index in [2.05, 4.69) is 15.6 Å². The maximum atomic E-state index is 11.3. The van der Waals surface area contributed by atoms with Crippen LogP contribution in [0.15, 0.2) is 51.7 Å². The minimum absolute atomic E-state index is 0. The Bertz CT molecular complexity index is 795. The van der Waals surface area contributed by atoms with E-state index in [4.69, 9.17) is 9.88 Å². The minimum Gasteiger partial charge on any atom is -0.494 e. The number of guanidine groups is 1. The Morgan fingerprint density at radius 1 is 1.19 bits per heavy atom. The molecule has 0 saturated carbocycles. The average molecular weight is 510 g/mol. The van der Waals surface area contributed by atoms with E-state index in [0.717, 1.165) is 28.4 Å². The lowest BCUT2D eigenvalue weighted by Gasteiger charge is -2.11. The quantitative estimate of drug-likeness (QED) is 0.219. The number of nitrogens with one attached hydrogen (secondary N) is 2. The lowest BCUT2D eigenvalue weighted by atomic mass is 10.3. The van der Waals surface area contributed by atoms with Crippen LogP contribution in [0.4, 0.5) is 0 Å². The standard InChI is InChI=1S/C16H22N4O3S2.HI/c1-18-16(19-10-5-11-23-13-6-3-2-4-7-13)20-12-14-8-9-15(24-14)25(17,21)22;/h2-4,6-9H,5,10-12H2,1H3,(H2,17,21,22)(H2,18,19,20);1H. The summed E-state index contributed by atoms with van der Waals surface area (Å²) >= 11 is 1.14. The fourth-order valence-electron chi connectivity index (χ4n) is 1.98. The number of rotatable bonds is 8. The minimum atomic E-state index is -3.64. The maximum absolute atomic E-state index is 11.3. The number of halogens is 1. The Morgan fingerprint density at radius 2 is 1.92 bits per heavy atom. The van der Waals surface area contributed by atoms with E-state index in [1.54, 1.807) is 13.1 Å². The predicted molar refractivity (Wildman–Crippen MR) is 116 cm³/mol. The average Bonchev–Trinajstić information content (AvgIpc) is 3.07. The van der Waals surface area contributed by atoms with E-state index >= 15 is 0 Å². The molecular weight excluding hydrogens is 487 g/mol. The van der Waals surface area contributed by atoms with Gasteiger partial charge in [-0.15, -0.1) is 35.3 Å². The molecule has 7 nitrogen and oxygen atoms in total. The zero-order chi connectivity index (χ0) is 18.1. The number of para-hydroxylation sites is 1. The summed E-state index contributed by atoms with van der Waals surface area (Å²) in [5.41, 5.74) is 0. The summed E-state index contributed by atoms with van der Waals surface area (Å²) in [5.74, 6) is 1.50. The molecule has 10 heteroatoms. The summed E-state index contributed by atoms with van der Waals surface area (Å²) in [7, 11) is -1.96. The first-order chi connectivity index (χ1) is 12.0. The summed E-state index contributed by atoms with van der Waals surface area (Å²) in [6.07, 6.45) is 0.824. The van der Waals surface area contributed by atoms with E-state index in [0.29, 0.717) is 25.7 Å². The molecule has 0 bridgehead atoms. The zero-order valence-corrected chi connectivity index (χ0v) is 18.3. The van der Waals surface area contributed by atoms with Gasteiger partial charge in [0.2, 0.25) is 10.0 Å². The van der Waals surface area contributed by atoms with E-state index in [1.165, 1.54) is 6.07 Å². The van der Waals surface area contributed by atoms with Crippen LogP contribution < -0.4 is 20.5 Å². The summed E-state index contributed by atoms with van der Waals surface area (Å²) in [6, 6.07) is 12.9. The van der Waals surface area contributed by atoms with Gasteiger partial charge < -0.3 is 15.4 Å². The van der Waals surface area contributed by atoms with Gasteiger partial charge in [0, 0.05) is 18.5 Å². The number of nitrogens with zero attached hydrogens (tertiary/aromatic N) is 1. The fourth-order valence-corrected chi connectivity index (χ4v) is 3.70. The number of aliphatic imine (C=N–C) groups is 1. The highest BCUT2D eigenvalue weighted by Crippen LogP contribution is 2.19. The third kappa shape index (κ3) is 7.89. The molecule has 2 aromatic rings. The van der Waals surface area contributed by atoms with Crippen LogP contribution in [0.2, 0.25) is 0 Å². The Hall–Kier alpha value is -1.37. The topological polar surface area (TPSA) is 106 Å². The van der Waals surface area contributed by atoms with E-state index < -0.39 is 10.0 Å². The van der Waals surface area contributed by atoms with E-state index in [-0.39, 0.29) is 28.2 Å². The molecule has 0 amide bonds. The van der Waals surface area contributed by atoms with Crippen molar-refractivity contribution in [2.75, 3.05) is 20.2 Å². The molecule has 26 heavy (non-hydrogen) atoms. The summed E-state index contributed by atoms with van der Waals surface area (Å²) in [5, 5.41) is 11.4. The van der Waals surface area contributed by atoms with Gasteiger partial charge in [0.25, 0.3) is 0 Å². The van der Waals surface area contributed by atoms with Crippen molar-refractivity contribution in [3.63, 3.8) is 0 Å². The van der Waals surface area contributed by atoms with Gasteiger partial charge in [-0.25, -0.2) is 13.6 Å². The molecule has 0 unspecified atom stereocenters. The molecule has 0 spiro atoms. The summed E-state index contributed by atoms with van der Waals surface area (Å²) in [6.45, 7) is 1.79. The Kier molecular flexibility index (Phi) is 9.91. The number of hydrogen-bond donors (Lipinski definition) is 3. The molecule has 0 aliphatic rings. The molecule has 1 heterocycles. The van der Waals surface area contributed by atoms with Crippen LogP contribution in [0.25, 0.3) is 0 Å². The lowest BCUT2D eigenvalue weighted by Crippen LogP contribution is -2.37. The molecule has 1 aromatic carbocycles. The molecular formula is C16H23IN4O3S2. The highest BCUT2D eigenvalue weighted by molar-refractivity contribution is 14.0. The SMILES string of the molecule is CN=C(NCCCOc1ccccc1)NCc1ccc(S(N)(=O)=O)s1.I. The number of hydrogen-bond acceptors (Lipinski definition) is 5. The second kappa shape index (κ2) is 11.4. The molecule has 4 N–H and O–H groups in total. The van der Waals surface area contributed by atoms with Crippen molar-refractivity contribution in [1.82, 2.24) is 10.6 Å². The van der Waals surface area contributed by atoms with Crippen LogP contribution in [0.3, 0.4) is 0 Å². The highest BCUT2D eigenvalue weighted by Gasteiger charge is 2.11. The van der Waals surface area contributed by atoms with Crippen molar-refractivity contribution in [1.29, 1.82) is 0 Å². The number of ether oxygens (including phenoxy) is 1. The Morgan fingerprint density at radius 3 is 2.54 bits per heavy atom. The largest absolute Gasteiger partial charge is 0.494 e. The van der Waals surface area contributed by atoms with E-state index in [1.807, 2.05) is 30.3 Å². The van der Waals surface area contributed by atoms with Crippen LogP contribution in [0.5, 0.6) is 5.75 Å². The number of sulfonamides is 1. The highest BCUT2D eigenvalue weighted by atomic mass is 127. The van der Waals surface area contributed by atoms with Gasteiger partial charge in [-0.05, 0) is 30.7 Å². The van der Waals surface area contributed by atoms with Gasteiger partial charge in [-0.1, -0.05) is 18.2 Å². The van der Waals surface area contributed by atoms with Crippen molar-refractivity contribution < 1.29 is 13.2 Å². The van der Waals surface area contributed by atoms with Crippen molar-refractivity contribution in [2.24, 2.45) is 10.1 Å². The second-order valence-corrected chi connectivity index (χ2v) is 8.09. The third-order valence-electron chi connectivity index (χ3n) is 3.20. The molecule has 0 atom stereocenters. The smallest absolute Gasteiger partial charge is 0.247 e. The molecule has 1 aromatic heterocycles. The summed E-state index contributed by atoms with van der Waals surface area (Å²) in [4.78, 5) is 4.99. The number of benzene rings is 1. The zero-order valence-electron chi connectivity index (χ0n) is 14.3. The first-order valence-electron chi connectivity index (χ1n) is 7.73. The lowest BCUT2D eigenvalue weighted by molar-refractivity contribution is 0.311. The van der Waals surface area contributed by atoms with Crippen LogP contribution in [0, 0.1) is 0 Å². The van der Waals surface area contributed by atoms with Crippen LogP contribution >= 0.6 is 35.3 Å². The van der Waals surface area contributed by atoms with Crippen LogP contribution in [-0.2, 0) is 16.6 Å². The molecule has 0 saturated heterocycles. The van der Waals surface area contributed by atoms with Crippen molar-refractivity contribution in [3.05, 3.63) is 47.3 Å². The molecule has 0 fully saturated rings. The van der Waals surface area contributed by atoms with Gasteiger partial charge in [-0.3, -0.25) is 4.99 Å².